The van der Waals surface area contributed by atoms with E-state index in [-0.39, 0.29) is 32.4 Å². The van der Waals surface area contributed by atoms with Crippen LogP contribution in [0.2, 0.25) is 0 Å². The summed E-state index contributed by atoms with van der Waals surface area (Å²) in [6.45, 7) is 2.38. The van der Waals surface area contributed by atoms with E-state index in [0.717, 1.165) is 4.70 Å². The fraction of sp³-hybridized carbons (Fsp3) is 0.138. The minimum Gasteiger partial charge on any atom is -0.503 e. The number of aliphatic hydroxyl groups is 1. The maximum atomic E-state index is 13.9. The van der Waals surface area contributed by atoms with Crippen molar-refractivity contribution in [3.05, 3.63) is 87.8 Å². The molecule has 5 aromatic rings. The number of hydrogen-bond donors (Lipinski definition) is 2. The van der Waals surface area contributed by atoms with E-state index in [2.05, 4.69) is 20.9 Å². The van der Waals surface area contributed by atoms with E-state index < -0.39 is 23.5 Å². The topological polar surface area (TPSA) is 122 Å². The summed E-state index contributed by atoms with van der Waals surface area (Å²) in [7, 11) is 1.39. The van der Waals surface area contributed by atoms with Gasteiger partial charge in [-0.3, -0.25) is 14.5 Å². The Labute approximate surface area is 240 Å². The molecule has 2 N–H and O–H groups in total. The predicted molar refractivity (Wildman–Crippen MR) is 154 cm³/mol. The standard InChI is InChI=1S/C29H21BrN2O7S/c1-3-38-16-8-9-18-22(13-16)40-29(31-18)32-24(15-10-17(30)25(33)20(12-15)37-2)23(27(35)28(32)36)26(34)21-11-14-6-4-5-7-19(14)39-21/h4-13,24,33,35H,3H2,1-2H3. The van der Waals surface area contributed by atoms with Crippen molar-refractivity contribution >= 4 is 65.3 Å². The van der Waals surface area contributed by atoms with Gasteiger partial charge in [-0.25, -0.2) is 4.98 Å². The van der Waals surface area contributed by atoms with Crippen LogP contribution in [0.5, 0.6) is 17.2 Å². The molecule has 6 rings (SSSR count). The van der Waals surface area contributed by atoms with Crippen LogP contribution in [0.3, 0.4) is 0 Å². The number of hydrogen-bond acceptors (Lipinski definition) is 9. The van der Waals surface area contributed by atoms with Crippen molar-refractivity contribution in [2.24, 2.45) is 0 Å². The van der Waals surface area contributed by atoms with Gasteiger partial charge in [0.05, 0.1) is 40.0 Å². The van der Waals surface area contributed by atoms with Crippen LogP contribution in [0.25, 0.3) is 21.2 Å². The highest BCUT2D eigenvalue weighted by Crippen LogP contribution is 2.47. The Morgan fingerprint density at radius 3 is 2.70 bits per heavy atom. The molecule has 3 aromatic carbocycles. The summed E-state index contributed by atoms with van der Waals surface area (Å²) in [6.07, 6.45) is 0. The number of aromatic hydroxyl groups is 1. The maximum absolute atomic E-state index is 13.9. The number of methoxy groups -OCH3 is 1. The van der Waals surface area contributed by atoms with E-state index in [9.17, 15) is 19.8 Å². The number of phenols is 1. The number of carbonyl (C=O) groups is 2. The van der Waals surface area contributed by atoms with E-state index >= 15 is 0 Å². The van der Waals surface area contributed by atoms with Crippen molar-refractivity contribution in [1.29, 1.82) is 0 Å². The van der Waals surface area contributed by atoms with Crippen LogP contribution in [-0.2, 0) is 4.79 Å². The first-order valence-corrected chi connectivity index (χ1v) is 13.8. The predicted octanol–water partition coefficient (Wildman–Crippen LogP) is 6.70. The Morgan fingerprint density at radius 2 is 1.95 bits per heavy atom. The number of amides is 1. The van der Waals surface area contributed by atoms with Crippen LogP contribution in [0.1, 0.15) is 29.1 Å². The van der Waals surface area contributed by atoms with Gasteiger partial charge in [-0.15, -0.1) is 0 Å². The molecule has 1 aliphatic rings. The Balaban J connectivity index is 1.53. The molecule has 9 nitrogen and oxygen atoms in total. The van der Waals surface area contributed by atoms with Gasteiger partial charge < -0.3 is 24.1 Å². The average Bonchev–Trinajstić information content (AvgIpc) is 3.64. The molecular weight excluding hydrogens is 600 g/mol. The molecule has 0 bridgehead atoms. The van der Waals surface area contributed by atoms with Gasteiger partial charge in [-0.2, -0.15) is 0 Å². The molecule has 0 radical (unpaired) electrons. The van der Waals surface area contributed by atoms with E-state index in [1.807, 2.05) is 19.1 Å². The zero-order valence-electron chi connectivity index (χ0n) is 21.2. The minimum absolute atomic E-state index is 0.0298. The van der Waals surface area contributed by atoms with Gasteiger partial charge in [-0.05, 0) is 70.9 Å². The summed E-state index contributed by atoms with van der Waals surface area (Å²) >= 11 is 4.54. The summed E-state index contributed by atoms with van der Waals surface area (Å²) in [5.74, 6) is -1.57. The molecule has 1 amide bonds. The monoisotopic (exact) mass is 620 g/mol. The van der Waals surface area contributed by atoms with Crippen LogP contribution >= 0.6 is 27.3 Å². The second-order valence-corrected chi connectivity index (χ2v) is 10.8. The minimum atomic E-state index is -1.11. The van der Waals surface area contributed by atoms with Gasteiger partial charge in [-0.1, -0.05) is 29.5 Å². The van der Waals surface area contributed by atoms with E-state index in [4.69, 9.17) is 13.9 Å². The number of rotatable bonds is 7. The maximum Gasteiger partial charge on any atom is 0.296 e. The Morgan fingerprint density at radius 1 is 1.15 bits per heavy atom. The highest BCUT2D eigenvalue weighted by Gasteiger charge is 2.47. The molecular formula is C29H21BrN2O7S. The average molecular weight is 621 g/mol. The second kappa shape index (κ2) is 10.00. The Kier molecular flexibility index (Phi) is 6.47. The number of benzene rings is 3. The molecule has 11 heteroatoms. The van der Waals surface area contributed by atoms with E-state index in [1.165, 1.54) is 29.4 Å². The van der Waals surface area contributed by atoms with Gasteiger partial charge in [0.2, 0.25) is 5.78 Å². The molecule has 0 aliphatic carbocycles. The van der Waals surface area contributed by atoms with Crippen LogP contribution in [0.4, 0.5) is 5.13 Å². The fourth-order valence-electron chi connectivity index (χ4n) is 4.74. The number of nitrogens with zero attached hydrogens (tertiary/aromatic N) is 2. The van der Waals surface area contributed by atoms with E-state index in [0.29, 0.717) is 34.4 Å². The molecule has 202 valence electrons. The number of aromatic nitrogens is 1. The zero-order chi connectivity index (χ0) is 28.1. The zero-order valence-corrected chi connectivity index (χ0v) is 23.6. The number of aliphatic hydroxyl groups excluding tert-OH is 1. The third-order valence-corrected chi connectivity index (χ3v) is 8.18. The summed E-state index contributed by atoms with van der Waals surface area (Å²) < 4.78 is 17.8. The van der Waals surface area contributed by atoms with Crippen LogP contribution < -0.4 is 14.4 Å². The highest BCUT2D eigenvalue weighted by molar-refractivity contribution is 9.10. The van der Waals surface area contributed by atoms with Crippen LogP contribution in [-0.4, -0.2) is 40.6 Å². The number of furan rings is 1. The Hall–Kier alpha value is -4.35. The normalized spacial score (nSPS) is 15.4. The van der Waals surface area contributed by atoms with Crippen molar-refractivity contribution < 1.29 is 33.7 Å². The van der Waals surface area contributed by atoms with Crippen molar-refractivity contribution in [2.45, 2.75) is 13.0 Å². The lowest BCUT2D eigenvalue weighted by molar-refractivity contribution is -0.117. The fourth-order valence-corrected chi connectivity index (χ4v) is 6.22. The molecule has 0 spiro atoms. The number of para-hydroxylation sites is 1. The summed E-state index contributed by atoms with van der Waals surface area (Å²) in [5.41, 5.74) is 1.33. The van der Waals surface area contributed by atoms with Gasteiger partial charge in [0, 0.05) is 5.39 Å². The number of phenolic OH excluding ortho intramolecular Hbond substituents is 1. The summed E-state index contributed by atoms with van der Waals surface area (Å²) in [6, 6.07) is 16.1. The number of Topliss-reactive ketones (excluding diaryl/α,β-unsaturated/α-hetero) is 1. The lowest BCUT2D eigenvalue weighted by atomic mass is 9.95. The third kappa shape index (κ3) is 4.18. The highest BCUT2D eigenvalue weighted by atomic mass is 79.9. The first-order chi connectivity index (χ1) is 19.3. The molecule has 2 aromatic heterocycles. The summed E-state index contributed by atoms with van der Waals surface area (Å²) in [5, 5.41) is 22.6. The lowest BCUT2D eigenvalue weighted by Gasteiger charge is -2.25. The molecule has 0 saturated carbocycles. The van der Waals surface area contributed by atoms with Gasteiger partial charge >= 0.3 is 0 Å². The first kappa shape index (κ1) is 25.9. The molecule has 1 unspecified atom stereocenters. The van der Waals surface area contributed by atoms with Gasteiger partial charge in [0.1, 0.15) is 11.3 Å². The largest absolute Gasteiger partial charge is 0.503 e. The molecule has 1 aliphatic heterocycles. The first-order valence-electron chi connectivity index (χ1n) is 12.2. The quantitative estimate of drug-likeness (QED) is 0.193. The SMILES string of the molecule is CCOc1ccc2nc(N3C(=O)C(O)=C(C(=O)c4cc5ccccc5o4)C3c3cc(Br)c(O)c(OC)c3)sc2c1. The molecule has 0 saturated heterocycles. The van der Waals surface area contributed by atoms with Crippen LogP contribution in [0.15, 0.2) is 80.9 Å². The van der Waals surface area contributed by atoms with Gasteiger partial charge in [0.15, 0.2) is 28.1 Å². The number of halogens is 1. The number of thiazole rings is 1. The molecule has 0 fully saturated rings. The second-order valence-electron chi connectivity index (χ2n) is 8.93. The number of carbonyl (C=O) groups excluding carboxylic acids is 2. The number of fused-ring (bicyclic) bond motifs is 2. The third-order valence-electron chi connectivity index (χ3n) is 6.55. The molecule has 3 heterocycles. The summed E-state index contributed by atoms with van der Waals surface area (Å²) in [4.78, 5) is 33.5. The van der Waals surface area contributed by atoms with Crippen molar-refractivity contribution in [1.82, 2.24) is 4.98 Å². The lowest BCUT2D eigenvalue weighted by Crippen LogP contribution is -2.31. The van der Waals surface area contributed by atoms with E-state index in [1.54, 1.807) is 42.5 Å². The van der Waals surface area contributed by atoms with Crippen molar-refractivity contribution in [2.75, 3.05) is 18.6 Å². The van der Waals surface area contributed by atoms with Crippen molar-refractivity contribution in [3.8, 4) is 17.2 Å². The molecule has 1 atom stereocenters. The van der Waals surface area contributed by atoms with Gasteiger partial charge in [0.25, 0.3) is 5.91 Å². The number of ether oxygens (including phenoxy) is 2. The molecule has 40 heavy (non-hydrogen) atoms. The van der Waals surface area contributed by atoms with Crippen LogP contribution in [0, 0.1) is 0 Å². The number of ketones is 1. The Bertz CT molecular complexity index is 1830. The van der Waals surface area contributed by atoms with Crippen molar-refractivity contribution in [3.63, 3.8) is 0 Å². The number of anilines is 1. The smallest absolute Gasteiger partial charge is 0.296 e.